The van der Waals surface area contributed by atoms with Crippen molar-refractivity contribution in [1.82, 2.24) is 10.2 Å². The Morgan fingerprint density at radius 2 is 1.89 bits per heavy atom. The molecule has 1 atom stereocenters. The van der Waals surface area contributed by atoms with Crippen molar-refractivity contribution in [3.05, 3.63) is 21.9 Å². The number of nitrogens with zero attached hydrogens (tertiary/aromatic N) is 1. The van der Waals surface area contributed by atoms with E-state index in [1.807, 2.05) is 11.3 Å². The summed E-state index contributed by atoms with van der Waals surface area (Å²) in [7, 11) is 4.35. The van der Waals surface area contributed by atoms with E-state index >= 15 is 0 Å². The summed E-state index contributed by atoms with van der Waals surface area (Å²) >= 11 is 1.93. The van der Waals surface area contributed by atoms with Crippen molar-refractivity contribution in [3.63, 3.8) is 0 Å². The SMILES string of the molecule is CCc1ccc(CNCC(CC(C)C)N(C)C)s1. The Bertz CT molecular complexity index is 331. The average molecular weight is 268 g/mol. The van der Waals surface area contributed by atoms with Crippen LogP contribution in [0.25, 0.3) is 0 Å². The third-order valence-corrected chi connectivity index (χ3v) is 4.45. The second-order valence-corrected chi connectivity index (χ2v) is 6.85. The summed E-state index contributed by atoms with van der Waals surface area (Å²) in [6.45, 7) is 8.89. The van der Waals surface area contributed by atoms with Gasteiger partial charge in [-0.05, 0) is 45.0 Å². The Hall–Kier alpha value is -0.380. The van der Waals surface area contributed by atoms with Gasteiger partial charge >= 0.3 is 0 Å². The first kappa shape index (κ1) is 15.7. The number of likely N-dealkylation sites (N-methyl/N-ethyl adjacent to an activating group) is 1. The highest BCUT2D eigenvalue weighted by Gasteiger charge is 2.12. The highest BCUT2D eigenvalue weighted by atomic mass is 32.1. The van der Waals surface area contributed by atoms with Crippen molar-refractivity contribution in [2.45, 2.75) is 46.2 Å². The van der Waals surface area contributed by atoms with Gasteiger partial charge in [0.25, 0.3) is 0 Å². The molecule has 1 aromatic rings. The standard InChI is InChI=1S/C15H28N2S/c1-6-14-7-8-15(18-14)11-16-10-13(17(4)5)9-12(2)3/h7-8,12-13,16H,6,9-11H2,1-5H3. The summed E-state index contributed by atoms with van der Waals surface area (Å²) in [6.07, 6.45) is 2.41. The molecular formula is C15H28N2S. The van der Waals surface area contributed by atoms with Crippen molar-refractivity contribution in [2.24, 2.45) is 5.92 Å². The Morgan fingerprint density at radius 3 is 2.39 bits per heavy atom. The molecule has 0 radical (unpaired) electrons. The largest absolute Gasteiger partial charge is 0.310 e. The van der Waals surface area contributed by atoms with Crippen molar-refractivity contribution >= 4 is 11.3 Å². The van der Waals surface area contributed by atoms with E-state index in [0.717, 1.165) is 25.4 Å². The topological polar surface area (TPSA) is 15.3 Å². The minimum atomic E-state index is 0.635. The third-order valence-electron chi connectivity index (χ3n) is 3.22. The second kappa shape index (κ2) is 7.93. The van der Waals surface area contributed by atoms with E-state index in [2.05, 4.69) is 57.2 Å². The molecule has 0 aromatic carbocycles. The number of aryl methyl sites for hydroxylation is 1. The normalized spacial score (nSPS) is 13.5. The molecule has 3 heteroatoms. The van der Waals surface area contributed by atoms with Gasteiger partial charge in [0.2, 0.25) is 0 Å². The van der Waals surface area contributed by atoms with E-state index in [9.17, 15) is 0 Å². The molecule has 0 saturated heterocycles. The number of hydrogen-bond donors (Lipinski definition) is 1. The summed E-state index contributed by atoms with van der Waals surface area (Å²) in [5, 5.41) is 3.59. The van der Waals surface area contributed by atoms with Crippen LogP contribution in [0.1, 0.15) is 36.9 Å². The Morgan fingerprint density at radius 1 is 1.22 bits per heavy atom. The molecule has 0 fully saturated rings. The number of rotatable bonds is 8. The first-order valence-electron chi connectivity index (χ1n) is 6.97. The van der Waals surface area contributed by atoms with E-state index in [-0.39, 0.29) is 0 Å². The van der Waals surface area contributed by atoms with E-state index in [1.165, 1.54) is 16.2 Å². The van der Waals surface area contributed by atoms with Gasteiger partial charge in [0.15, 0.2) is 0 Å². The van der Waals surface area contributed by atoms with Crippen LogP contribution in [0.15, 0.2) is 12.1 Å². The zero-order valence-electron chi connectivity index (χ0n) is 12.5. The molecule has 0 saturated carbocycles. The maximum atomic E-state index is 3.59. The molecule has 0 aliphatic carbocycles. The minimum absolute atomic E-state index is 0.635. The average Bonchev–Trinajstić information content (AvgIpc) is 2.75. The van der Waals surface area contributed by atoms with Crippen LogP contribution in [0.2, 0.25) is 0 Å². The van der Waals surface area contributed by atoms with Crippen LogP contribution in [0.3, 0.4) is 0 Å². The monoisotopic (exact) mass is 268 g/mol. The predicted molar refractivity (Wildman–Crippen MR) is 82.3 cm³/mol. The van der Waals surface area contributed by atoms with Gasteiger partial charge in [0, 0.05) is 28.9 Å². The molecule has 0 amide bonds. The van der Waals surface area contributed by atoms with Crippen LogP contribution in [-0.2, 0) is 13.0 Å². The molecule has 2 nitrogen and oxygen atoms in total. The highest BCUT2D eigenvalue weighted by molar-refractivity contribution is 7.11. The molecule has 1 unspecified atom stereocenters. The molecule has 0 bridgehead atoms. The Kier molecular flexibility index (Phi) is 6.90. The van der Waals surface area contributed by atoms with Gasteiger partial charge in [0.05, 0.1) is 0 Å². The lowest BCUT2D eigenvalue weighted by Crippen LogP contribution is -2.38. The van der Waals surface area contributed by atoms with E-state index in [4.69, 9.17) is 0 Å². The molecule has 0 aliphatic rings. The summed E-state index contributed by atoms with van der Waals surface area (Å²) in [4.78, 5) is 5.27. The Balaban J connectivity index is 2.34. The molecule has 104 valence electrons. The number of nitrogens with one attached hydrogen (secondary N) is 1. The number of thiophene rings is 1. The molecule has 0 spiro atoms. The second-order valence-electron chi connectivity index (χ2n) is 5.60. The third kappa shape index (κ3) is 5.51. The van der Waals surface area contributed by atoms with Crippen molar-refractivity contribution in [3.8, 4) is 0 Å². The van der Waals surface area contributed by atoms with Gasteiger partial charge in [0.1, 0.15) is 0 Å². The maximum absolute atomic E-state index is 3.59. The first-order valence-corrected chi connectivity index (χ1v) is 7.79. The lowest BCUT2D eigenvalue weighted by Gasteiger charge is -2.26. The first-order chi connectivity index (χ1) is 8.52. The fourth-order valence-corrected chi connectivity index (χ4v) is 3.02. The van der Waals surface area contributed by atoms with Crippen LogP contribution in [0, 0.1) is 5.92 Å². The van der Waals surface area contributed by atoms with Crippen molar-refractivity contribution in [2.75, 3.05) is 20.6 Å². The molecule has 1 aromatic heterocycles. The summed E-state index contributed by atoms with van der Waals surface area (Å²) in [5.74, 6) is 0.757. The van der Waals surface area contributed by atoms with E-state index < -0.39 is 0 Å². The number of hydrogen-bond acceptors (Lipinski definition) is 3. The lowest BCUT2D eigenvalue weighted by molar-refractivity contribution is 0.247. The molecular weight excluding hydrogens is 240 g/mol. The molecule has 1 rings (SSSR count). The van der Waals surface area contributed by atoms with Crippen molar-refractivity contribution in [1.29, 1.82) is 0 Å². The lowest BCUT2D eigenvalue weighted by atomic mass is 10.0. The fraction of sp³-hybridized carbons (Fsp3) is 0.733. The van der Waals surface area contributed by atoms with Gasteiger partial charge in [-0.2, -0.15) is 0 Å². The Labute approximate surface area is 116 Å². The smallest absolute Gasteiger partial charge is 0.0300 e. The van der Waals surface area contributed by atoms with Gasteiger partial charge in [-0.25, -0.2) is 0 Å². The fourth-order valence-electron chi connectivity index (χ4n) is 2.09. The molecule has 18 heavy (non-hydrogen) atoms. The maximum Gasteiger partial charge on any atom is 0.0300 e. The van der Waals surface area contributed by atoms with Crippen LogP contribution in [-0.4, -0.2) is 31.6 Å². The summed E-state index contributed by atoms with van der Waals surface area (Å²) in [5.41, 5.74) is 0. The molecule has 1 N–H and O–H groups in total. The van der Waals surface area contributed by atoms with Crippen LogP contribution >= 0.6 is 11.3 Å². The van der Waals surface area contributed by atoms with Gasteiger partial charge in [-0.15, -0.1) is 11.3 Å². The van der Waals surface area contributed by atoms with E-state index in [1.54, 1.807) is 0 Å². The van der Waals surface area contributed by atoms with Crippen molar-refractivity contribution < 1.29 is 0 Å². The highest BCUT2D eigenvalue weighted by Crippen LogP contribution is 2.16. The van der Waals surface area contributed by atoms with Crippen LogP contribution in [0.5, 0.6) is 0 Å². The predicted octanol–water partition coefficient (Wildman–Crippen LogP) is 3.38. The molecule has 1 heterocycles. The zero-order chi connectivity index (χ0) is 13.5. The summed E-state index contributed by atoms with van der Waals surface area (Å²) in [6, 6.07) is 5.14. The van der Waals surface area contributed by atoms with Gasteiger partial charge < -0.3 is 10.2 Å². The quantitative estimate of drug-likeness (QED) is 0.777. The van der Waals surface area contributed by atoms with Crippen LogP contribution < -0.4 is 5.32 Å². The van der Waals surface area contributed by atoms with Gasteiger partial charge in [-0.3, -0.25) is 0 Å². The van der Waals surface area contributed by atoms with Crippen LogP contribution in [0.4, 0.5) is 0 Å². The molecule has 0 aliphatic heterocycles. The summed E-state index contributed by atoms with van der Waals surface area (Å²) < 4.78 is 0. The van der Waals surface area contributed by atoms with E-state index in [0.29, 0.717) is 6.04 Å². The zero-order valence-corrected chi connectivity index (χ0v) is 13.3. The van der Waals surface area contributed by atoms with Gasteiger partial charge in [-0.1, -0.05) is 20.8 Å². The minimum Gasteiger partial charge on any atom is -0.310 e.